The van der Waals surface area contributed by atoms with E-state index in [2.05, 4.69) is 20.5 Å². The van der Waals surface area contributed by atoms with Crippen molar-refractivity contribution in [3.05, 3.63) is 30.4 Å². The summed E-state index contributed by atoms with van der Waals surface area (Å²) in [5, 5.41) is 4.18. The molecule has 2 aromatic rings. The van der Waals surface area contributed by atoms with Gasteiger partial charge in [0.25, 0.3) is 0 Å². The number of nitrogens with one attached hydrogen (secondary N) is 1. The predicted molar refractivity (Wildman–Crippen MR) is 63.6 cm³/mol. The maximum absolute atomic E-state index is 5.46. The van der Waals surface area contributed by atoms with Crippen molar-refractivity contribution in [2.24, 2.45) is 10.8 Å². The second-order valence-corrected chi connectivity index (χ2v) is 3.33. The Bertz CT molecular complexity index is 520. The van der Waals surface area contributed by atoms with Gasteiger partial charge >= 0.3 is 0 Å². The van der Waals surface area contributed by atoms with E-state index < -0.39 is 0 Å². The van der Waals surface area contributed by atoms with Crippen molar-refractivity contribution in [1.29, 1.82) is 0 Å². The summed E-state index contributed by atoms with van der Waals surface area (Å²) in [5.41, 5.74) is 4.23. The van der Waals surface area contributed by atoms with Gasteiger partial charge in [-0.2, -0.15) is 5.10 Å². The molecule has 0 atom stereocenters. The SMILES string of the molecule is COCCN=C(NN)c1cnn2ccncc12. The summed E-state index contributed by atoms with van der Waals surface area (Å²) >= 11 is 0. The van der Waals surface area contributed by atoms with Crippen LogP contribution in [0.3, 0.4) is 0 Å². The van der Waals surface area contributed by atoms with Gasteiger partial charge in [0.15, 0.2) is 0 Å². The maximum atomic E-state index is 5.46. The van der Waals surface area contributed by atoms with Gasteiger partial charge in [0.05, 0.1) is 36.6 Å². The lowest BCUT2D eigenvalue weighted by Crippen LogP contribution is -2.31. The van der Waals surface area contributed by atoms with Crippen molar-refractivity contribution < 1.29 is 4.74 Å². The zero-order valence-corrected chi connectivity index (χ0v) is 9.50. The number of rotatable bonds is 4. The van der Waals surface area contributed by atoms with Crippen molar-refractivity contribution >= 4 is 11.4 Å². The van der Waals surface area contributed by atoms with Gasteiger partial charge in [-0.15, -0.1) is 0 Å². The Kier molecular flexibility index (Phi) is 3.63. The highest BCUT2D eigenvalue weighted by molar-refractivity contribution is 6.03. The fourth-order valence-electron chi connectivity index (χ4n) is 1.47. The molecular weight excluding hydrogens is 220 g/mol. The summed E-state index contributed by atoms with van der Waals surface area (Å²) in [6.45, 7) is 1.08. The van der Waals surface area contributed by atoms with Crippen LogP contribution in [0.4, 0.5) is 0 Å². The summed E-state index contributed by atoms with van der Waals surface area (Å²) < 4.78 is 6.65. The highest BCUT2D eigenvalue weighted by Crippen LogP contribution is 2.08. The standard InChI is InChI=1S/C10H14N6O/c1-17-5-3-13-10(15-11)8-6-14-16-4-2-12-7-9(8)16/h2,4,6-7H,3,5,11H2,1H3,(H,13,15). The summed E-state index contributed by atoms with van der Waals surface area (Å²) in [6, 6.07) is 0. The molecule has 0 saturated heterocycles. The van der Waals surface area contributed by atoms with Crippen molar-refractivity contribution in [2.75, 3.05) is 20.3 Å². The number of amidine groups is 1. The zero-order chi connectivity index (χ0) is 12.1. The molecule has 2 rings (SSSR count). The molecule has 17 heavy (non-hydrogen) atoms. The van der Waals surface area contributed by atoms with Gasteiger partial charge in [-0.1, -0.05) is 0 Å². The van der Waals surface area contributed by atoms with Crippen LogP contribution in [0.5, 0.6) is 0 Å². The maximum Gasteiger partial charge on any atom is 0.146 e. The second-order valence-electron chi connectivity index (χ2n) is 3.33. The van der Waals surface area contributed by atoms with E-state index in [1.807, 2.05) is 0 Å². The van der Waals surface area contributed by atoms with Gasteiger partial charge in [-0.25, -0.2) is 10.4 Å². The van der Waals surface area contributed by atoms with E-state index in [9.17, 15) is 0 Å². The van der Waals surface area contributed by atoms with E-state index in [-0.39, 0.29) is 0 Å². The number of aliphatic imine (C=N–C) groups is 1. The van der Waals surface area contributed by atoms with E-state index in [0.29, 0.717) is 19.0 Å². The molecule has 0 saturated carbocycles. The minimum absolute atomic E-state index is 0.535. The Morgan fingerprint density at radius 2 is 2.47 bits per heavy atom. The summed E-state index contributed by atoms with van der Waals surface area (Å²) in [4.78, 5) is 8.35. The average molecular weight is 234 g/mol. The van der Waals surface area contributed by atoms with Gasteiger partial charge in [0, 0.05) is 19.5 Å². The number of hydrogen-bond acceptors (Lipinski definition) is 5. The predicted octanol–water partition coefficient (Wildman–Crippen LogP) is -0.414. The van der Waals surface area contributed by atoms with Crippen LogP contribution in [0.2, 0.25) is 0 Å². The Labute approximate surface area is 98.3 Å². The lowest BCUT2D eigenvalue weighted by atomic mass is 10.3. The van der Waals surface area contributed by atoms with Gasteiger partial charge in [-0.05, 0) is 0 Å². The molecular formula is C10H14N6O. The minimum atomic E-state index is 0.535. The number of methoxy groups -OCH3 is 1. The third kappa shape index (κ3) is 2.40. The number of ether oxygens (including phenoxy) is 1. The van der Waals surface area contributed by atoms with Crippen LogP contribution in [0.15, 0.2) is 29.8 Å². The molecule has 0 aliphatic heterocycles. The second kappa shape index (κ2) is 5.37. The topological polar surface area (TPSA) is 89.8 Å². The van der Waals surface area contributed by atoms with Crippen LogP contribution in [0.1, 0.15) is 5.56 Å². The molecule has 3 N–H and O–H groups in total. The number of fused-ring (bicyclic) bond motifs is 1. The van der Waals surface area contributed by atoms with E-state index in [4.69, 9.17) is 10.6 Å². The third-order valence-corrected chi connectivity index (χ3v) is 2.28. The molecule has 0 spiro atoms. The lowest BCUT2D eigenvalue weighted by molar-refractivity contribution is 0.208. The van der Waals surface area contributed by atoms with E-state index in [1.165, 1.54) is 0 Å². The minimum Gasteiger partial charge on any atom is -0.383 e. The first-order valence-electron chi connectivity index (χ1n) is 5.14. The summed E-state index contributed by atoms with van der Waals surface area (Å²) in [5.74, 6) is 6.03. The van der Waals surface area contributed by atoms with Gasteiger partial charge < -0.3 is 10.2 Å². The average Bonchev–Trinajstić information content (AvgIpc) is 2.79. The van der Waals surface area contributed by atoms with Gasteiger partial charge in [-0.3, -0.25) is 9.98 Å². The van der Waals surface area contributed by atoms with Gasteiger partial charge in [0.1, 0.15) is 5.84 Å². The molecule has 0 bridgehead atoms. The van der Waals surface area contributed by atoms with Crippen molar-refractivity contribution in [1.82, 2.24) is 20.0 Å². The number of nitrogens with zero attached hydrogens (tertiary/aromatic N) is 4. The normalized spacial score (nSPS) is 12.0. The third-order valence-electron chi connectivity index (χ3n) is 2.28. The largest absolute Gasteiger partial charge is 0.383 e. The van der Waals surface area contributed by atoms with Crippen LogP contribution in [0, 0.1) is 0 Å². The van der Waals surface area contributed by atoms with Crippen LogP contribution < -0.4 is 11.3 Å². The molecule has 0 radical (unpaired) electrons. The summed E-state index contributed by atoms with van der Waals surface area (Å²) in [7, 11) is 1.63. The van der Waals surface area contributed by atoms with Crippen molar-refractivity contribution in [2.45, 2.75) is 0 Å². The van der Waals surface area contributed by atoms with E-state index in [0.717, 1.165) is 11.1 Å². The first-order chi connectivity index (χ1) is 8.36. The molecule has 0 fully saturated rings. The molecule has 0 aliphatic rings. The highest BCUT2D eigenvalue weighted by Gasteiger charge is 2.09. The number of hydrazine groups is 1. The van der Waals surface area contributed by atoms with Crippen LogP contribution in [-0.4, -0.2) is 40.7 Å². The Hall–Kier alpha value is -1.99. The first kappa shape index (κ1) is 11.5. The molecule has 2 aromatic heterocycles. The van der Waals surface area contributed by atoms with Gasteiger partial charge in [0.2, 0.25) is 0 Å². The Morgan fingerprint density at radius 1 is 1.59 bits per heavy atom. The van der Waals surface area contributed by atoms with Crippen molar-refractivity contribution in [3.63, 3.8) is 0 Å². The summed E-state index contributed by atoms with van der Waals surface area (Å²) in [6.07, 6.45) is 6.84. The molecule has 7 nitrogen and oxygen atoms in total. The van der Waals surface area contributed by atoms with Crippen LogP contribution in [0.25, 0.3) is 5.52 Å². The molecule has 90 valence electrons. The molecule has 7 heteroatoms. The van der Waals surface area contributed by atoms with Crippen molar-refractivity contribution in [3.8, 4) is 0 Å². The van der Waals surface area contributed by atoms with Crippen LogP contribution >= 0.6 is 0 Å². The molecule has 0 aliphatic carbocycles. The number of aromatic nitrogens is 3. The number of hydrogen-bond donors (Lipinski definition) is 2. The van der Waals surface area contributed by atoms with E-state index >= 15 is 0 Å². The lowest BCUT2D eigenvalue weighted by Gasteiger charge is -2.03. The Balaban J connectivity index is 2.33. The first-order valence-corrected chi connectivity index (χ1v) is 5.14. The quantitative estimate of drug-likeness (QED) is 0.247. The zero-order valence-electron chi connectivity index (χ0n) is 9.50. The monoisotopic (exact) mass is 234 g/mol. The Morgan fingerprint density at radius 3 is 3.24 bits per heavy atom. The fourth-order valence-corrected chi connectivity index (χ4v) is 1.47. The smallest absolute Gasteiger partial charge is 0.146 e. The molecule has 0 aromatic carbocycles. The van der Waals surface area contributed by atoms with E-state index in [1.54, 1.807) is 36.4 Å². The molecule has 0 amide bonds. The number of nitrogens with two attached hydrogens (primary N) is 1. The molecule has 0 unspecified atom stereocenters. The fraction of sp³-hybridized carbons (Fsp3) is 0.300. The van der Waals surface area contributed by atoms with Crippen LogP contribution in [-0.2, 0) is 4.74 Å². The molecule has 2 heterocycles. The highest BCUT2D eigenvalue weighted by atomic mass is 16.5.